The summed E-state index contributed by atoms with van der Waals surface area (Å²) in [4.78, 5) is 52.6. The summed E-state index contributed by atoms with van der Waals surface area (Å²) in [6.45, 7) is 7.81. The molecule has 1 aliphatic carbocycles. The standard InChI is InChI=1S/C32H40FN3O6/c1-19(34-31(41)42-32(2,3)4)20-10-12-22(13-11-20)29(38)36-17-16-24(21-8-6-5-7-9-21)27(36)28(37)35-23-14-15-25(30(39)40)26(33)18-23/h5-9,14-15,18-20,22,24,27H,10-13,16-17H2,1-4H3,(H,34,41)(H,35,37)(H,39,40)/t19?,20-,22-,24-,27-/m0/s1. The third-order valence-corrected chi connectivity index (χ3v) is 8.22. The van der Waals surface area contributed by atoms with Crippen molar-refractivity contribution in [2.24, 2.45) is 11.8 Å². The Bertz CT molecular complexity index is 1300. The highest BCUT2D eigenvalue weighted by molar-refractivity contribution is 5.99. The van der Waals surface area contributed by atoms with E-state index in [0.717, 1.165) is 30.5 Å². The van der Waals surface area contributed by atoms with Gasteiger partial charge in [0.1, 0.15) is 17.5 Å². The molecule has 9 nitrogen and oxygen atoms in total. The number of likely N-dealkylation sites (tertiary alicyclic amines) is 1. The Labute approximate surface area is 245 Å². The van der Waals surface area contributed by atoms with Crippen molar-refractivity contribution >= 4 is 29.6 Å². The van der Waals surface area contributed by atoms with Crippen molar-refractivity contribution in [3.63, 3.8) is 0 Å². The van der Waals surface area contributed by atoms with E-state index in [0.29, 0.717) is 25.8 Å². The number of benzene rings is 2. The van der Waals surface area contributed by atoms with Crippen molar-refractivity contribution in [3.05, 3.63) is 65.5 Å². The molecule has 4 rings (SSSR count). The number of alkyl carbamates (subject to hydrolysis) is 1. The Morgan fingerprint density at radius 3 is 2.26 bits per heavy atom. The predicted molar refractivity (Wildman–Crippen MR) is 156 cm³/mol. The number of aromatic carboxylic acids is 1. The SMILES string of the molecule is CC(NC(=O)OC(C)(C)C)[C@H]1CC[C@H](C(=O)N2CC[C@@H](c3ccccc3)[C@H]2C(=O)Nc2ccc(C(=O)O)c(F)c2)CC1. The quantitative estimate of drug-likeness (QED) is 0.393. The number of carboxylic acid groups (broad SMARTS) is 1. The maximum atomic E-state index is 14.3. The van der Waals surface area contributed by atoms with Crippen molar-refractivity contribution in [2.75, 3.05) is 11.9 Å². The average Bonchev–Trinajstić information content (AvgIpc) is 3.37. The molecular formula is C32H40FN3O6. The maximum Gasteiger partial charge on any atom is 0.407 e. The number of anilines is 1. The minimum Gasteiger partial charge on any atom is -0.478 e. The second kappa shape index (κ2) is 12.9. The summed E-state index contributed by atoms with van der Waals surface area (Å²) in [6, 6.07) is 12.1. The number of amides is 3. The molecule has 2 fully saturated rings. The van der Waals surface area contributed by atoms with Crippen molar-refractivity contribution in [1.82, 2.24) is 10.2 Å². The summed E-state index contributed by atoms with van der Waals surface area (Å²) in [5.74, 6) is -3.15. The minimum absolute atomic E-state index is 0.0767. The Morgan fingerprint density at radius 2 is 1.67 bits per heavy atom. The number of nitrogens with one attached hydrogen (secondary N) is 2. The van der Waals surface area contributed by atoms with E-state index in [1.165, 1.54) is 6.07 Å². The molecule has 226 valence electrons. The Hall–Kier alpha value is -3.95. The fourth-order valence-corrected chi connectivity index (χ4v) is 6.11. The van der Waals surface area contributed by atoms with E-state index in [4.69, 9.17) is 9.84 Å². The number of hydrogen-bond acceptors (Lipinski definition) is 5. The molecule has 1 unspecified atom stereocenters. The largest absolute Gasteiger partial charge is 0.478 e. The van der Waals surface area contributed by atoms with Gasteiger partial charge in [-0.05, 0) is 89.5 Å². The lowest BCUT2D eigenvalue weighted by Crippen LogP contribution is -2.48. The van der Waals surface area contributed by atoms with Gasteiger partial charge in [0.2, 0.25) is 11.8 Å². The summed E-state index contributed by atoms with van der Waals surface area (Å²) >= 11 is 0. The van der Waals surface area contributed by atoms with Crippen LogP contribution in [0.4, 0.5) is 14.9 Å². The molecular weight excluding hydrogens is 541 g/mol. The summed E-state index contributed by atoms with van der Waals surface area (Å²) in [6.07, 6.45) is 2.96. The smallest absolute Gasteiger partial charge is 0.407 e. The summed E-state index contributed by atoms with van der Waals surface area (Å²) < 4.78 is 19.7. The van der Waals surface area contributed by atoms with Gasteiger partial charge in [0.15, 0.2) is 0 Å². The van der Waals surface area contributed by atoms with E-state index in [1.54, 1.807) is 4.90 Å². The molecule has 2 aromatic rings. The highest BCUT2D eigenvalue weighted by Gasteiger charge is 2.45. The fraction of sp³-hybridized carbons (Fsp3) is 0.500. The molecule has 0 radical (unpaired) electrons. The third kappa shape index (κ3) is 7.46. The van der Waals surface area contributed by atoms with E-state index in [9.17, 15) is 23.6 Å². The normalized spacial score (nSPS) is 23.1. The van der Waals surface area contributed by atoms with Crippen molar-refractivity contribution < 1.29 is 33.4 Å². The Balaban J connectivity index is 1.45. The van der Waals surface area contributed by atoms with Crippen molar-refractivity contribution in [2.45, 2.75) is 83.4 Å². The predicted octanol–water partition coefficient (Wildman–Crippen LogP) is 5.57. The van der Waals surface area contributed by atoms with Gasteiger partial charge in [-0.2, -0.15) is 0 Å². The second-order valence-corrected chi connectivity index (χ2v) is 12.3. The molecule has 1 saturated heterocycles. The maximum absolute atomic E-state index is 14.3. The molecule has 2 aromatic carbocycles. The van der Waals surface area contributed by atoms with Gasteiger partial charge in [0.25, 0.3) is 0 Å². The summed E-state index contributed by atoms with van der Waals surface area (Å²) in [5, 5.41) is 14.8. The zero-order chi connectivity index (χ0) is 30.6. The van der Waals surface area contributed by atoms with Gasteiger partial charge in [0.05, 0.1) is 5.56 Å². The second-order valence-electron chi connectivity index (χ2n) is 12.3. The number of hydrogen-bond donors (Lipinski definition) is 3. The van der Waals surface area contributed by atoms with Crippen LogP contribution in [-0.4, -0.2) is 58.1 Å². The Morgan fingerprint density at radius 1 is 1.00 bits per heavy atom. The number of carboxylic acids is 1. The fourth-order valence-electron chi connectivity index (χ4n) is 6.11. The number of carbonyl (C=O) groups excluding carboxylic acids is 3. The first-order valence-electron chi connectivity index (χ1n) is 14.5. The van der Waals surface area contributed by atoms with E-state index in [-0.39, 0.29) is 35.4 Å². The molecule has 42 heavy (non-hydrogen) atoms. The first-order chi connectivity index (χ1) is 19.8. The van der Waals surface area contributed by atoms with Crippen molar-refractivity contribution in [3.8, 4) is 0 Å². The first-order valence-corrected chi connectivity index (χ1v) is 14.5. The molecule has 3 N–H and O–H groups in total. The topological polar surface area (TPSA) is 125 Å². The lowest BCUT2D eigenvalue weighted by Gasteiger charge is -2.35. The van der Waals surface area contributed by atoms with Crippen LogP contribution in [0.25, 0.3) is 0 Å². The number of rotatable bonds is 7. The van der Waals surface area contributed by atoms with Crippen LogP contribution < -0.4 is 10.6 Å². The van der Waals surface area contributed by atoms with Crippen LogP contribution in [0.1, 0.15) is 81.6 Å². The van der Waals surface area contributed by atoms with Crippen LogP contribution in [0.5, 0.6) is 0 Å². The minimum atomic E-state index is -1.40. The van der Waals surface area contributed by atoms with E-state index >= 15 is 0 Å². The van der Waals surface area contributed by atoms with Crippen LogP contribution >= 0.6 is 0 Å². The molecule has 3 amide bonds. The molecule has 3 atom stereocenters. The molecule has 0 aromatic heterocycles. The van der Waals surface area contributed by atoms with E-state index in [1.807, 2.05) is 58.0 Å². The number of halogens is 1. The van der Waals surface area contributed by atoms with Gasteiger partial charge < -0.3 is 25.4 Å². The van der Waals surface area contributed by atoms with Crippen LogP contribution in [-0.2, 0) is 14.3 Å². The molecule has 0 spiro atoms. The number of nitrogens with zero attached hydrogens (tertiary/aromatic N) is 1. The zero-order valence-electron chi connectivity index (χ0n) is 24.6. The van der Waals surface area contributed by atoms with Crippen LogP contribution in [0.15, 0.2) is 48.5 Å². The third-order valence-electron chi connectivity index (χ3n) is 8.22. The lowest BCUT2D eigenvalue weighted by molar-refractivity contribution is -0.141. The van der Waals surface area contributed by atoms with Crippen LogP contribution in [0.2, 0.25) is 0 Å². The van der Waals surface area contributed by atoms with Gasteiger partial charge in [-0.3, -0.25) is 9.59 Å². The molecule has 0 bridgehead atoms. The van der Waals surface area contributed by atoms with Crippen molar-refractivity contribution in [1.29, 1.82) is 0 Å². The van der Waals surface area contributed by atoms with E-state index in [2.05, 4.69) is 10.6 Å². The van der Waals surface area contributed by atoms with Gasteiger partial charge in [-0.1, -0.05) is 30.3 Å². The molecule has 1 aliphatic heterocycles. The highest BCUT2D eigenvalue weighted by atomic mass is 19.1. The number of carbonyl (C=O) groups is 4. The molecule has 1 heterocycles. The van der Waals surface area contributed by atoms with Gasteiger partial charge >= 0.3 is 12.1 Å². The Kier molecular flexibility index (Phi) is 9.53. The van der Waals surface area contributed by atoms with Gasteiger partial charge in [-0.15, -0.1) is 0 Å². The molecule has 1 saturated carbocycles. The molecule has 2 aliphatic rings. The first kappa shape index (κ1) is 31.0. The zero-order valence-corrected chi connectivity index (χ0v) is 24.6. The van der Waals surface area contributed by atoms with Crippen LogP contribution in [0.3, 0.4) is 0 Å². The highest BCUT2D eigenvalue weighted by Crippen LogP contribution is 2.38. The monoisotopic (exact) mass is 581 g/mol. The average molecular weight is 582 g/mol. The van der Waals surface area contributed by atoms with E-state index < -0.39 is 41.0 Å². The summed E-state index contributed by atoms with van der Waals surface area (Å²) in [5.41, 5.74) is -0.00843. The summed E-state index contributed by atoms with van der Waals surface area (Å²) in [7, 11) is 0. The van der Waals surface area contributed by atoms with Gasteiger partial charge in [-0.25, -0.2) is 14.0 Å². The van der Waals surface area contributed by atoms with Crippen LogP contribution in [0, 0.1) is 17.7 Å². The van der Waals surface area contributed by atoms with Gasteiger partial charge in [0, 0.05) is 30.1 Å². The number of ether oxygens (including phenoxy) is 1. The molecule has 10 heteroatoms. The lowest BCUT2D eigenvalue weighted by atomic mass is 9.78.